The molecule has 2 aliphatic rings. The van der Waals surface area contributed by atoms with Crippen LogP contribution in [0.5, 0.6) is 0 Å². The number of hydrogen-bond donors (Lipinski definition) is 1. The molecule has 1 amide bonds. The Hall–Kier alpha value is -1.13. The van der Waals surface area contributed by atoms with Gasteiger partial charge in [-0.25, -0.2) is 0 Å². The van der Waals surface area contributed by atoms with Gasteiger partial charge in [-0.2, -0.15) is 0 Å². The molecule has 2 fully saturated rings. The average molecular weight is 290 g/mol. The van der Waals surface area contributed by atoms with Crippen LogP contribution in [0.25, 0.3) is 6.08 Å². The van der Waals surface area contributed by atoms with Crippen LogP contribution >= 0.6 is 11.3 Å². The van der Waals surface area contributed by atoms with Crippen molar-refractivity contribution in [2.75, 3.05) is 6.54 Å². The third-order valence-corrected chi connectivity index (χ3v) is 5.28. The Morgan fingerprint density at radius 2 is 2.20 bits per heavy atom. The van der Waals surface area contributed by atoms with Crippen molar-refractivity contribution < 1.29 is 4.79 Å². The first-order valence-corrected chi connectivity index (χ1v) is 8.42. The van der Waals surface area contributed by atoms with Gasteiger partial charge in [0.15, 0.2) is 0 Å². The van der Waals surface area contributed by atoms with E-state index in [2.05, 4.69) is 17.1 Å². The summed E-state index contributed by atoms with van der Waals surface area (Å²) in [6.45, 7) is 2.89. The minimum atomic E-state index is 0.159. The number of carbonyl (C=O) groups is 1. The van der Waals surface area contributed by atoms with Gasteiger partial charge in [0.25, 0.3) is 0 Å². The standard InChI is InChI=1S/C16H22N2OS/c1-2-18(14-10-12-5-6-13(11-14)17-12)16(19)8-7-15-4-3-9-20-15/h3-4,7-9,12-14,17H,2,5-6,10-11H2,1H3. The van der Waals surface area contributed by atoms with Crippen molar-refractivity contribution in [1.29, 1.82) is 0 Å². The molecular weight excluding hydrogens is 268 g/mol. The van der Waals surface area contributed by atoms with Crippen LogP contribution in [0, 0.1) is 0 Å². The molecule has 20 heavy (non-hydrogen) atoms. The minimum absolute atomic E-state index is 0.159. The number of hydrogen-bond acceptors (Lipinski definition) is 3. The maximum absolute atomic E-state index is 12.4. The highest BCUT2D eigenvalue weighted by atomic mass is 32.1. The molecule has 1 aromatic heterocycles. The van der Waals surface area contributed by atoms with E-state index in [1.807, 2.05) is 23.6 Å². The lowest BCUT2D eigenvalue weighted by Gasteiger charge is -2.36. The lowest BCUT2D eigenvalue weighted by Crippen LogP contribution is -2.49. The Labute approximate surface area is 124 Å². The van der Waals surface area contributed by atoms with Gasteiger partial charge in [0.05, 0.1) is 0 Å². The average Bonchev–Trinajstić information content (AvgIpc) is 3.07. The van der Waals surface area contributed by atoms with E-state index >= 15 is 0 Å². The first kappa shape index (κ1) is 13.8. The summed E-state index contributed by atoms with van der Waals surface area (Å²) >= 11 is 1.66. The van der Waals surface area contributed by atoms with Crippen LogP contribution in [0.1, 0.15) is 37.5 Å². The van der Waals surface area contributed by atoms with E-state index in [4.69, 9.17) is 0 Å². The Balaban J connectivity index is 1.65. The molecule has 2 aliphatic heterocycles. The van der Waals surface area contributed by atoms with Crippen LogP contribution in [0.4, 0.5) is 0 Å². The fourth-order valence-electron chi connectivity index (χ4n) is 3.51. The molecule has 1 aromatic rings. The largest absolute Gasteiger partial charge is 0.336 e. The summed E-state index contributed by atoms with van der Waals surface area (Å²) in [4.78, 5) is 15.6. The van der Waals surface area contributed by atoms with Crippen LogP contribution in [0.2, 0.25) is 0 Å². The summed E-state index contributed by atoms with van der Waals surface area (Å²) in [5, 5.41) is 5.67. The van der Waals surface area contributed by atoms with Crippen molar-refractivity contribution in [2.24, 2.45) is 0 Å². The third-order valence-electron chi connectivity index (χ3n) is 4.45. The number of rotatable bonds is 4. The molecule has 1 N–H and O–H groups in total. The number of nitrogens with one attached hydrogen (secondary N) is 1. The van der Waals surface area contributed by atoms with Gasteiger partial charge in [0.2, 0.25) is 5.91 Å². The highest BCUT2D eigenvalue weighted by Crippen LogP contribution is 2.29. The quantitative estimate of drug-likeness (QED) is 0.865. The minimum Gasteiger partial charge on any atom is -0.336 e. The molecule has 0 radical (unpaired) electrons. The molecular formula is C16H22N2OS. The zero-order chi connectivity index (χ0) is 13.9. The number of likely N-dealkylation sites (N-methyl/N-ethyl adjacent to an activating group) is 1. The lowest BCUT2D eigenvalue weighted by molar-refractivity contribution is -0.128. The second kappa shape index (κ2) is 6.10. The second-order valence-corrected chi connectivity index (χ2v) is 6.72. The fourth-order valence-corrected chi connectivity index (χ4v) is 4.13. The third kappa shape index (κ3) is 2.96. The number of amides is 1. The van der Waals surface area contributed by atoms with E-state index in [1.54, 1.807) is 17.4 Å². The number of fused-ring (bicyclic) bond motifs is 2. The van der Waals surface area contributed by atoms with Crippen molar-refractivity contribution in [3.63, 3.8) is 0 Å². The smallest absolute Gasteiger partial charge is 0.246 e. The van der Waals surface area contributed by atoms with Crippen LogP contribution in [-0.2, 0) is 4.79 Å². The molecule has 0 aromatic carbocycles. The molecule has 0 aliphatic carbocycles. The van der Waals surface area contributed by atoms with E-state index in [9.17, 15) is 4.79 Å². The summed E-state index contributed by atoms with van der Waals surface area (Å²) in [5.74, 6) is 0.159. The predicted octanol–water partition coefficient (Wildman–Crippen LogP) is 2.89. The van der Waals surface area contributed by atoms with E-state index in [0.717, 1.165) is 24.3 Å². The van der Waals surface area contributed by atoms with E-state index in [1.165, 1.54) is 12.8 Å². The van der Waals surface area contributed by atoms with Crippen LogP contribution in [-0.4, -0.2) is 35.5 Å². The van der Waals surface area contributed by atoms with E-state index < -0.39 is 0 Å². The van der Waals surface area contributed by atoms with Gasteiger partial charge in [-0.15, -0.1) is 11.3 Å². The molecule has 0 saturated carbocycles. The first-order chi connectivity index (χ1) is 9.76. The van der Waals surface area contributed by atoms with Gasteiger partial charge in [0.1, 0.15) is 0 Å². The molecule has 2 bridgehead atoms. The zero-order valence-corrected chi connectivity index (χ0v) is 12.7. The molecule has 3 nitrogen and oxygen atoms in total. The zero-order valence-electron chi connectivity index (χ0n) is 11.9. The van der Waals surface area contributed by atoms with Gasteiger partial charge < -0.3 is 10.2 Å². The Kier molecular flexibility index (Phi) is 4.22. The molecule has 2 unspecified atom stereocenters. The van der Waals surface area contributed by atoms with Gasteiger partial charge in [0, 0.05) is 35.6 Å². The predicted molar refractivity (Wildman–Crippen MR) is 83.7 cm³/mol. The highest BCUT2D eigenvalue weighted by molar-refractivity contribution is 7.10. The molecule has 3 rings (SSSR count). The summed E-state index contributed by atoms with van der Waals surface area (Å²) < 4.78 is 0. The van der Waals surface area contributed by atoms with Crippen molar-refractivity contribution in [3.05, 3.63) is 28.5 Å². The van der Waals surface area contributed by atoms with Crippen molar-refractivity contribution in [1.82, 2.24) is 10.2 Å². The van der Waals surface area contributed by atoms with Crippen LogP contribution in [0.15, 0.2) is 23.6 Å². The van der Waals surface area contributed by atoms with Crippen LogP contribution in [0.3, 0.4) is 0 Å². The molecule has 4 heteroatoms. The first-order valence-electron chi connectivity index (χ1n) is 7.54. The van der Waals surface area contributed by atoms with Gasteiger partial charge in [-0.3, -0.25) is 4.79 Å². The number of carbonyl (C=O) groups excluding carboxylic acids is 1. The summed E-state index contributed by atoms with van der Waals surface area (Å²) in [5.41, 5.74) is 0. The maximum atomic E-state index is 12.4. The van der Waals surface area contributed by atoms with Gasteiger partial charge in [-0.05, 0) is 50.1 Å². The molecule has 0 spiro atoms. The Morgan fingerprint density at radius 3 is 2.80 bits per heavy atom. The van der Waals surface area contributed by atoms with Crippen LogP contribution < -0.4 is 5.32 Å². The second-order valence-electron chi connectivity index (χ2n) is 5.74. The number of nitrogens with zero attached hydrogens (tertiary/aromatic N) is 1. The molecule has 2 atom stereocenters. The van der Waals surface area contributed by atoms with Crippen molar-refractivity contribution in [2.45, 2.75) is 50.7 Å². The Bertz CT molecular complexity index is 471. The van der Waals surface area contributed by atoms with Gasteiger partial charge in [-0.1, -0.05) is 6.07 Å². The monoisotopic (exact) mass is 290 g/mol. The van der Waals surface area contributed by atoms with E-state index in [-0.39, 0.29) is 5.91 Å². The van der Waals surface area contributed by atoms with Crippen molar-refractivity contribution >= 4 is 23.3 Å². The molecule has 2 saturated heterocycles. The lowest BCUT2D eigenvalue weighted by atomic mass is 9.98. The summed E-state index contributed by atoms with van der Waals surface area (Å²) in [6.07, 6.45) is 8.45. The maximum Gasteiger partial charge on any atom is 0.246 e. The van der Waals surface area contributed by atoms with E-state index in [0.29, 0.717) is 18.1 Å². The fraction of sp³-hybridized carbons (Fsp3) is 0.562. The van der Waals surface area contributed by atoms with Gasteiger partial charge >= 0.3 is 0 Å². The molecule has 108 valence electrons. The van der Waals surface area contributed by atoms with Crippen molar-refractivity contribution in [3.8, 4) is 0 Å². The molecule has 3 heterocycles. The number of piperidine rings is 1. The topological polar surface area (TPSA) is 32.3 Å². The summed E-state index contributed by atoms with van der Waals surface area (Å²) in [7, 11) is 0. The Morgan fingerprint density at radius 1 is 1.45 bits per heavy atom. The highest BCUT2D eigenvalue weighted by Gasteiger charge is 2.36. The SMILES string of the molecule is CCN(C(=O)C=Cc1cccs1)C1CC2CCC(C1)N2. The number of thiophene rings is 1. The summed E-state index contributed by atoms with van der Waals surface area (Å²) in [6, 6.07) is 5.72. The normalized spacial score (nSPS) is 28.9.